The second-order valence-corrected chi connectivity index (χ2v) is 9.18. The number of fused-ring (bicyclic) bond motifs is 1. The van der Waals surface area contributed by atoms with Crippen LogP contribution in [0.15, 0.2) is 30.6 Å². The summed E-state index contributed by atoms with van der Waals surface area (Å²) < 4.78 is 6.40. The number of esters is 1. The van der Waals surface area contributed by atoms with Crippen LogP contribution in [0.1, 0.15) is 78.9 Å². The van der Waals surface area contributed by atoms with E-state index in [0.29, 0.717) is 11.6 Å². The lowest BCUT2D eigenvalue weighted by Crippen LogP contribution is -2.65. The molecule has 2 heterocycles. The van der Waals surface area contributed by atoms with Crippen LogP contribution in [0.4, 0.5) is 5.69 Å². The number of benzene rings is 1. The Kier molecular flexibility index (Phi) is 5.79. The van der Waals surface area contributed by atoms with Crippen LogP contribution in [-0.4, -0.2) is 46.0 Å². The predicted molar refractivity (Wildman–Crippen MR) is 120 cm³/mol. The maximum absolute atomic E-state index is 13.8. The van der Waals surface area contributed by atoms with Gasteiger partial charge in [0.05, 0.1) is 20.0 Å². The fourth-order valence-electron chi connectivity index (χ4n) is 4.70. The van der Waals surface area contributed by atoms with Crippen molar-refractivity contribution in [3.63, 3.8) is 0 Å². The largest absolute Gasteiger partial charge is 0.464 e. The minimum atomic E-state index is -1.18. The lowest BCUT2D eigenvalue weighted by atomic mass is 9.92. The molecule has 1 aliphatic heterocycles. The number of carbonyl (C=O) groups is 3. The first-order chi connectivity index (χ1) is 15.3. The fraction of sp³-hybridized carbons (Fsp3) is 0.500. The number of hydrogen-bond donors (Lipinski definition) is 1. The van der Waals surface area contributed by atoms with E-state index in [0.717, 1.165) is 31.2 Å². The summed E-state index contributed by atoms with van der Waals surface area (Å²) in [5.74, 6) is -0.994. The van der Waals surface area contributed by atoms with Gasteiger partial charge in [-0.15, -0.1) is 0 Å². The van der Waals surface area contributed by atoms with Crippen molar-refractivity contribution in [1.29, 1.82) is 0 Å². The molecule has 0 unspecified atom stereocenters. The predicted octanol–water partition coefficient (Wildman–Crippen LogP) is 3.27. The number of anilines is 1. The lowest BCUT2D eigenvalue weighted by Gasteiger charge is -2.44. The van der Waals surface area contributed by atoms with Gasteiger partial charge in [0.1, 0.15) is 11.2 Å². The molecule has 2 aliphatic rings. The molecule has 1 atom stereocenters. The van der Waals surface area contributed by atoms with Crippen LogP contribution < -0.4 is 10.2 Å². The fourth-order valence-corrected chi connectivity index (χ4v) is 4.70. The number of methoxy groups -OCH3 is 1. The average Bonchev–Trinajstić information content (AvgIpc) is 3.43. The Morgan fingerprint density at radius 3 is 2.44 bits per heavy atom. The summed E-state index contributed by atoms with van der Waals surface area (Å²) in [6, 6.07) is 7.77. The minimum Gasteiger partial charge on any atom is -0.464 e. The van der Waals surface area contributed by atoms with Crippen molar-refractivity contribution in [3.8, 4) is 0 Å². The summed E-state index contributed by atoms with van der Waals surface area (Å²) >= 11 is 0. The Morgan fingerprint density at radius 2 is 1.84 bits per heavy atom. The molecule has 8 heteroatoms. The van der Waals surface area contributed by atoms with E-state index in [1.54, 1.807) is 11.5 Å². The molecule has 1 fully saturated rings. The van der Waals surface area contributed by atoms with Gasteiger partial charge in [0.15, 0.2) is 5.69 Å². The number of nitrogens with zero attached hydrogens (tertiary/aromatic N) is 3. The van der Waals surface area contributed by atoms with Crippen molar-refractivity contribution in [2.24, 2.45) is 0 Å². The molecule has 0 spiro atoms. The number of carbonyl (C=O) groups excluding carboxylic acids is 3. The monoisotopic (exact) mass is 438 g/mol. The van der Waals surface area contributed by atoms with Gasteiger partial charge in [0, 0.05) is 11.7 Å². The maximum atomic E-state index is 13.8. The van der Waals surface area contributed by atoms with Gasteiger partial charge >= 0.3 is 5.97 Å². The second kappa shape index (κ2) is 8.41. The average molecular weight is 439 g/mol. The van der Waals surface area contributed by atoms with E-state index in [1.165, 1.54) is 18.3 Å². The van der Waals surface area contributed by atoms with Gasteiger partial charge in [-0.1, -0.05) is 38.8 Å². The van der Waals surface area contributed by atoms with E-state index >= 15 is 0 Å². The molecule has 0 radical (unpaired) electrons. The zero-order valence-corrected chi connectivity index (χ0v) is 19.1. The van der Waals surface area contributed by atoms with Crippen LogP contribution >= 0.6 is 0 Å². The lowest BCUT2D eigenvalue weighted by molar-refractivity contribution is -0.127. The van der Waals surface area contributed by atoms with Gasteiger partial charge in [-0.25, -0.2) is 9.78 Å². The molecule has 1 aromatic heterocycles. The third-order valence-electron chi connectivity index (χ3n) is 6.59. The number of hydrogen-bond acceptors (Lipinski definition) is 5. The Labute approximate surface area is 187 Å². The van der Waals surface area contributed by atoms with E-state index in [1.807, 2.05) is 24.3 Å². The minimum absolute atomic E-state index is 0.0421. The highest BCUT2D eigenvalue weighted by molar-refractivity contribution is 6.15. The van der Waals surface area contributed by atoms with Crippen molar-refractivity contribution in [2.75, 3.05) is 12.0 Å². The number of amides is 2. The Morgan fingerprint density at radius 1 is 1.19 bits per heavy atom. The first kappa shape index (κ1) is 22.0. The van der Waals surface area contributed by atoms with Crippen molar-refractivity contribution >= 4 is 23.5 Å². The summed E-state index contributed by atoms with van der Waals surface area (Å²) in [5, 5.41) is 3.15. The van der Waals surface area contributed by atoms with Crippen LogP contribution in [0.25, 0.3) is 0 Å². The van der Waals surface area contributed by atoms with Crippen LogP contribution in [0.2, 0.25) is 0 Å². The summed E-state index contributed by atoms with van der Waals surface area (Å²) in [4.78, 5) is 45.2. The molecule has 170 valence electrons. The highest BCUT2D eigenvalue weighted by Gasteiger charge is 2.50. The number of nitrogens with one attached hydrogen (secondary N) is 1. The topological polar surface area (TPSA) is 93.5 Å². The van der Waals surface area contributed by atoms with E-state index in [9.17, 15) is 14.4 Å². The van der Waals surface area contributed by atoms with Crippen molar-refractivity contribution in [1.82, 2.24) is 14.9 Å². The Balaban J connectivity index is 1.79. The zero-order chi connectivity index (χ0) is 23.0. The Bertz CT molecular complexity index is 1040. The van der Waals surface area contributed by atoms with E-state index in [2.05, 4.69) is 24.1 Å². The zero-order valence-electron chi connectivity index (χ0n) is 19.1. The summed E-state index contributed by atoms with van der Waals surface area (Å²) in [5.41, 5.74) is 0.651. The normalized spacial score (nSPS) is 21.0. The number of imidazole rings is 1. The molecule has 2 amide bonds. The molecule has 4 rings (SSSR count). The smallest absolute Gasteiger partial charge is 0.359 e. The van der Waals surface area contributed by atoms with Crippen LogP contribution in [0.5, 0.6) is 0 Å². The highest BCUT2D eigenvalue weighted by atomic mass is 16.5. The number of ether oxygens (including phenoxy) is 1. The second-order valence-electron chi connectivity index (χ2n) is 9.18. The molecule has 8 nitrogen and oxygen atoms in total. The van der Waals surface area contributed by atoms with Gasteiger partial charge in [0.2, 0.25) is 5.91 Å². The maximum Gasteiger partial charge on any atom is 0.359 e. The van der Waals surface area contributed by atoms with E-state index < -0.39 is 17.4 Å². The summed E-state index contributed by atoms with van der Waals surface area (Å²) in [6.45, 7) is 6.15. The van der Waals surface area contributed by atoms with Gasteiger partial charge in [-0.2, -0.15) is 0 Å². The van der Waals surface area contributed by atoms with Gasteiger partial charge in [-0.3, -0.25) is 14.5 Å². The molecular formula is C24H30N4O4. The molecular weight excluding hydrogens is 408 g/mol. The molecule has 1 N–H and O–H groups in total. The third kappa shape index (κ3) is 3.67. The molecule has 1 aromatic carbocycles. The van der Waals surface area contributed by atoms with Crippen LogP contribution in [0.3, 0.4) is 0 Å². The summed E-state index contributed by atoms with van der Waals surface area (Å²) in [7, 11) is 1.25. The van der Waals surface area contributed by atoms with Crippen LogP contribution in [-0.2, 0) is 16.1 Å². The van der Waals surface area contributed by atoms with Gasteiger partial charge in [0.25, 0.3) is 5.91 Å². The van der Waals surface area contributed by atoms with E-state index in [-0.39, 0.29) is 29.9 Å². The van der Waals surface area contributed by atoms with Gasteiger partial charge in [-0.05, 0) is 43.4 Å². The molecule has 1 aliphatic carbocycles. The van der Waals surface area contributed by atoms with E-state index in [4.69, 9.17) is 4.74 Å². The van der Waals surface area contributed by atoms with Crippen molar-refractivity contribution < 1.29 is 19.1 Å². The van der Waals surface area contributed by atoms with Crippen molar-refractivity contribution in [2.45, 2.75) is 70.5 Å². The SMILES string of the molecule is COC(=O)c1ncn2c1C(=O)N(c1ccc(C(C)C)cc1)[C@@](C)(C(=O)NC1CCCC1)C2. The standard InChI is InChI=1S/C24H30N4O4/c1-15(2)16-9-11-18(12-10-16)28-21(29)20-19(22(30)32-4)25-14-27(20)13-24(28,3)23(31)26-17-7-5-6-8-17/h9-12,14-15,17H,5-8,13H2,1-4H3,(H,26,31)/t24-/m1/s1. The molecule has 1 saturated carbocycles. The van der Waals surface area contributed by atoms with Gasteiger partial charge < -0.3 is 14.6 Å². The van der Waals surface area contributed by atoms with Crippen LogP contribution in [0, 0.1) is 0 Å². The molecule has 32 heavy (non-hydrogen) atoms. The number of rotatable bonds is 5. The summed E-state index contributed by atoms with van der Waals surface area (Å²) in [6.07, 6.45) is 5.51. The molecule has 0 bridgehead atoms. The highest BCUT2D eigenvalue weighted by Crippen LogP contribution is 2.35. The van der Waals surface area contributed by atoms with Crippen molar-refractivity contribution in [3.05, 3.63) is 47.5 Å². The molecule has 2 aromatic rings. The first-order valence-electron chi connectivity index (χ1n) is 11.1. The first-order valence-corrected chi connectivity index (χ1v) is 11.1. The Hall–Kier alpha value is -3.16. The molecule has 0 saturated heterocycles. The third-order valence-corrected chi connectivity index (χ3v) is 6.59. The number of aromatic nitrogens is 2. The quantitative estimate of drug-likeness (QED) is 0.723.